The fraction of sp³-hybridized carbons (Fsp3) is 0.308. The molecule has 0 aromatic heterocycles. The van der Waals surface area contributed by atoms with E-state index >= 15 is 0 Å². The van der Waals surface area contributed by atoms with E-state index < -0.39 is 4.92 Å². The molecule has 1 aromatic carbocycles. The van der Waals surface area contributed by atoms with Crippen molar-refractivity contribution in [3.63, 3.8) is 0 Å². The van der Waals surface area contributed by atoms with Gasteiger partial charge in [-0.2, -0.15) is 0 Å². The number of allylic oxidation sites excluding steroid dienone is 2. The number of nitro benzene ring substituents is 1. The minimum Gasteiger partial charge on any atom is -0.386 e. The molecular formula is C13H16N2O3. The number of rotatable bonds is 5. The molecule has 1 N–H and O–H groups in total. The van der Waals surface area contributed by atoms with Gasteiger partial charge in [0, 0.05) is 35.5 Å². The van der Waals surface area contributed by atoms with E-state index in [1.54, 1.807) is 0 Å². The lowest BCUT2D eigenvalue weighted by Gasteiger charge is -2.09. The Hall–Kier alpha value is -2.17. The number of nitrogens with zero attached hydrogens (tertiary/aromatic N) is 1. The topological polar surface area (TPSA) is 72.2 Å². The highest BCUT2D eigenvalue weighted by molar-refractivity contribution is 6.04. The van der Waals surface area contributed by atoms with E-state index in [0.29, 0.717) is 5.56 Å². The third-order valence-electron chi connectivity index (χ3n) is 2.23. The lowest BCUT2D eigenvalue weighted by molar-refractivity contribution is -0.384. The first-order valence-corrected chi connectivity index (χ1v) is 5.63. The van der Waals surface area contributed by atoms with Crippen molar-refractivity contribution < 1.29 is 9.72 Å². The highest BCUT2D eigenvalue weighted by Gasteiger charge is 2.08. The molecule has 0 amide bonds. The summed E-state index contributed by atoms with van der Waals surface area (Å²) in [7, 11) is 0. The van der Waals surface area contributed by atoms with Crippen LogP contribution in [0, 0.1) is 10.1 Å². The Morgan fingerprint density at radius 1 is 1.33 bits per heavy atom. The Morgan fingerprint density at radius 3 is 2.33 bits per heavy atom. The molecule has 0 radical (unpaired) electrons. The first kappa shape index (κ1) is 13.9. The van der Waals surface area contributed by atoms with E-state index in [0.717, 1.165) is 5.70 Å². The van der Waals surface area contributed by atoms with E-state index in [1.807, 2.05) is 20.8 Å². The summed E-state index contributed by atoms with van der Waals surface area (Å²) >= 11 is 0. The third-order valence-corrected chi connectivity index (χ3v) is 2.23. The van der Waals surface area contributed by atoms with Crippen LogP contribution in [0.2, 0.25) is 0 Å². The van der Waals surface area contributed by atoms with E-state index in [-0.39, 0.29) is 17.5 Å². The van der Waals surface area contributed by atoms with Crippen molar-refractivity contribution in [3.05, 3.63) is 51.7 Å². The van der Waals surface area contributed by atoms with Crippen LogP contribution < -0.4 is 5.32 Å². The van der Waals surface area contributed by atoms with Crippen LogP contribution in [0.4, 0.5) is 5.69 Å². The smallest absolute Gasteiger partial charge is 0.269 e. The van der Waals surface area contributed by atoms with Gasteiger partial charge in [-0.25, -0.2) is 0 Å². The molecular weight excluding hydrogens is 232 g/mol. The van der Waals surface area contributed by atoms with Crippen LogP contribution >= 0.6 is 0 Å². The monoisotopic (exact) mass is 248 g/mol. The molecule has 0 heterocycles. The summed E-state index contributed by atoms with van der Waals surface area (Å²) in [5.41, 5.74) is 1.19. The number of ketones is 1. The first-order valence-electron chi connectivity index (χ1n) is 5.63. The van der Waals surface area contributed by atoms with Crippen LogP contribution in [0.3, 0.4) is 0 Å². The average Bonchev–Trinajstić information content (AvgIpc) is 2.27. The molecule has 0 bridgehead atoms. The predicted molar refractivity (Wildman–Crippen MR) is 69.5 cm³/mol. The molecule has 0 saturated carbocycles. The number of nitrogens with one attached hydrogen (secondary N) is 1. The van der Waals surface area contributed by atoms with Crippen molar-refractivity contribution in [1.82, 2.24) is 5.32 Å². The minimum atomic E-state index is -0.490. The Morgan fingerprint density at radius 2 is 1.89 bits per heavy atom. The van der Waals surface area contributed by atoms with Gasteiger partial charge in [-0.15, -0.1) is 0 Å². The van der Waals surface area contributed by atoms with Gasteiger partial charge in [0.15, 0.2) is 5.78 Å². The third kappa shape index (κ3) is 4.01. The van der Waals surface area contributed by atoms with Crippen molar-refractivity contribution in [2.45, 2.75) is 26.8 Å². The molecule has 0 atom stereocenters. The molecule has 0 fully saturated rings. The largest absolute Gasteiger partial charge is 0.386 e. The standard InChI is InChI=1S/C13H16N2O3/c1-9(2)14-10(3)8-13(16)11-4-6-12(7-5-11)15(17)18/h4-9,14H,1-3H3/b10-8-. The van der Waals surface area contributed by atoms with Crippen LogP contribution in [0.15, 0.2) is 36.0 Å². The normalized spacial score (nSPS) is 11.4. The Balaban J connectivity index is 2.81. The van der Waals surface area contributed by atoms with Crippen molar-refractivity contribution in [2.24, 2.45) is 0 Å². The molecule has 5 heteroatoms. The maximum Gasteiger partial charge on any atom is 0.269 e. The summed E-state index contributed by atoms with van der Waals surface area (Å²) in [4.78, 5) is 21.8. The van der Waals surface area contributed by atoms with Crippen LogP contribution in [-0.2, 0) is 0 Å². The number of non-ortho nitro benzene ring substituents is 1. The number of nitro groups is 1. The number of hydrogen-bond donors (Lipinski definition) is 1. The Kier molecular flexibility index (Phi) is 4.59. The zero-order valence-corrected chi connectivity index (χ0v) is 10.6. The summed E-state index contributed by atoms with van der Waals surface area (Å²) in [5.74, 6) is -0.171. The number of carbonyl (C=O) groups is 1. The van der Waals surface area contributed by atoms with E-state index in [9.17, 15) is 14.9 Å². The number of benzene rings is 1. The highest BCUT2D eigenvalue weighted by atomic mass is 16.6. The summed E-state index contributed by atoms with van der Waals surface area (Å²) in [6.07, 6.45) is 1.49. The molecule has 0 aliphatic carbocycles. The molecule has 96 valence electrons. The Bertz CT molecular complexity index is 476. The van der Waals surface area contributed by atoms with E-state index in [1.165, 1.54) is 30.3 Å². The van der Waals surface area contributed by atoms with Gasteiger partial charge in [-0.05, 0) is 32.9 Å². The fourth-order valence-electron chi connectivity index (χ4n) is 1.52. The van der Waals surface area contributed by atoms with Gasteiger partial charge in [-0.1, -0.05) is 0 Å². The van der Waals surface area contributed by atoms with E-state index in [2.05, 4.69) is 5.32 Å². The van der Waals surface area contributed by atoms with Crippen molar-refractivity contribution in [2.75, 3.05) is 0 Å². The molecule has 0 spiro atoms. The molecule has 5 nitrogen and oxygen atoms in total. The van der Waals surface area contributed by atoms with Gasteiger partial charge in [0.05, 0.1) is 4.92 Å². The summed E-state index contributed by atoms with van der Waals surface area (Å²) in [6, 6.07) is 5.82. The molecule has 1 aromatic rings. The van der Waals surface area contributed by atoms with Crippen LogP contribution in [0.5, 0.6) is 0 Å². The van der Waals surface area contributed by atoms with Crippen molar-refractivity contribution in [3.8, 4) is 0 Å². The van der Waals surface area contributed by atoms with Crippen LogP contribution in [0.25, 0.3) is 0 Å². The van der Waals surface area contributed by atoms with Gasteiger partial charge < -0.3 is 5.32 Å². The van der Waals surface area contributed by atoms with Crippen LogP contribution in [-0.4, -0.2) is 16.7 Å². The summed E-state index contributed by atoms with van der Waals surface area (Å²) in [5, 5.41) is 13.6. The zero-order chi connectivity index (χ0) is 13.7. The molecule has 0 unspecified atom stereocenters. The van der Waals surface area contributed by atoms with Crippen molar-refractivity contribution >= 4 is 11.5 Å². The maximum absolute atomic E-state index is 11.8. The highest BCUT2D eigenvalue weighted by Crippen LogP contribution is 2.12. The SMILES string of the molecule is C/C(=C/C(=O)c1ccc([N+](=O)[O-])cc1)NC(C)C. The second-order valence-electron chi connectivity index (χ2n) is 4.29. The van der Waals surface area contributed by atoms with Crippen molar-refractivity contribution in [1.29, 1.82) is 0 Å². The average molecular weight is 248 g/mol. The van der Waals surface area contributed by atoms with Gasteiger partial charge >= 0.3 is 0 Å². The zero-order valence-electron chi connectivity index (χ0n) is 10.6. The molecule has 0 aliphatic heterocycles. The summed E-state index contributed by atoms with van der Waals surface area (Å²) in [6.45, 7) is 5.77. The number of carbonyl (C=O) groups excluding carboxylic acids is 1. The minimum absolute atomic E-state index is 0.0208. The molecule has 0 aliphatic rings. The lowest BCUT2D eigenvalue weighted by Crippen LogP contribution is -2.21. The van der Waals surface area contributed by atoms with Gasteiger partial charge in [0.1, 0.15) is 0 Å². The van der Waals surface area contributed by atoms with Gasteiger partial charge in [0.2, 0.25) is 0 Å². The second kappa shape index (κ2) is 5.95. The summed E-state index contributed by atoms with van der Waals surface area (Å²) < 4.78 is 0. The Labute approximate surface area is 106 Å². The van der Waals surface area contributed by atoms with E-state index in [4.69, 9.17) is 0 Å². The second-order valence-corrected chi connectivity index (χ2v) is 4.29. The lowest BCUT2D eigenvalue weighted by atomic mass is 10.1. The molecule has 18 heavy (non-hydrogen) atoms. The van der Waals surface area contributed by atoms with Gasteiger partial charge in [0.25, 0.3) is 5.69 Å². The molecule has 1 rings (SSSR count). The maximum atomic E-state index is 11.8. The number of hydrogen-bond acceptors (Lipinski definition) is 4. The van der Waals surface area contributed by atoms with Gasteiger partial charge in [-0.3, -0.25) is 14.9 Å². The quantitative estimate of drug-likeness (QED) is 0.376. The predicted octanol–water partition coefficient (Wildman–Crippen LogP) is 2.68. The molecule has 0 saturated heterocycles. The van der Waals surface area contributed by atoms with Crippen LogP contribution in [0.1, 0.15) is 31.1 Å². The fourth-order valence-corrected chi connectivity index (χ4v) is 1.52. The first-order chi connectivity index (χ1) is 8.40.